The Bertz CT molecular complexity index is 622. The molecule has 0 aliphatic heterocycles. The summed E-state index contributed by atoms with van der Waals surface area (Å²) in [6, 6.07) is 5.71. The Balaban J connectivity index is 2.14. The molecule has 1 N–H and O–H groups in total. The van der Waals surface area contributed by atoms with Crippen molar-refractivity contribution in [2.45, 2.75) is 26.2 Å². The van der Waals surface area contributed by atoms with E-state index in [-0.39, 0.29) is 16.5 Å². The first-order chi connectivity index (χ1) is 10.0. The number of anilines is 1. The van der Waals surface area contributed by atoms with Crippen LogP contribution in [0.2, 0.25) is 0 Å². The third-order valence-electron chi connectivity index (χ3n) is 3.18. The molecule has 0 atom stereocenters. The maximum Gasteiger partial charge on any atom is 0.334 e. The second-order valence-corrected chi connectivity index (χ2v) is 5.12. The van der Waals surface area contributed by atoms with Crippen molar-refractivity contribution in [3.8, 4) is 0 Å². The van der Waals surface area contributed by atoms with Crippen LogP contribution in [0.4, 0.5) is 11.5 Å². The van der Waals surface area contributed by atoms with E-state index in [1.54, 1.807) is 13.2 Å². The smallest absolute Gasteiger partial charge is 0.334 e. The van der Waals surface area contributed by atoms with Crippen molar-refractivity contribution in [3.05, 3.63) is 45.9 Å². The van der Waals surface area contributed by atoms with Crippen molar-refractivity contribution in [2.24, 2.45) is 7.05 Å². The summed E-state index contributed by atoms with van der Waals surface area (Å²) in [5.41, 5.74) is 1.51. The number of hydrogen-bond donors (Lipinski definition) is 1. The molecule has 0 spiro atoms. The average Bonchev–Trinajstić information content (AvgIpc) is 2.78. The van der Waals surface area contributed by atoms with Crippen LogP contribution in [0.5, 0.6) is 0 Å². The van der Waals surface area contributed by atoms with Crippen LogP contribution >= 0.6 is 0 Å². The Morgan fingerprint density at radius 2 is 2.19 bits per heavy atom. The molecule has 21 heavy (non-hydrogen) atoms. The van der Waals surface area contributed by atoms with Crippen LogP contribution in [0.25, 0.3) is 0 Å². The fraction of sp³-hybridized carbons (Fsp3) is 0.429. The molecule has 0 aliphatic rings. The minimum atomic E-state index is -0.370. The van der Waals surface area contributed by atoms with E-state index in [0.717, 1.165) is 5.69 Å². The fourth-order valence-corrected chi connectivity index (χ4v) is 2.16. The molecule has 0 unspecified atom stereocenters. The molecule has 2 aromatic heterocycles. The van der Waals surface area contributed by atoms with Crippen LogP contribution < -0.4 is 5.32 Å². The highest BCUT2D eigenvalue weighted by atomic mass is 16.6. The molecule has 0 aromatic carbocycles. The van der Waals surface area contributed by atoms with E-state index in [1.807, 2.05) is 32.0 Å². The molecule has 0 radical (unpaired) electrons. The lowest BCUT2D eigenvalue weighted by Gasteiger charge is -2.05. The Hall–Kier alpha value is -2.44. The van der Waals surface area contributed by atoms with Gasteiger partial charge in [0.2, 0.25) is 5.82 Å². The summed E-state index contributed by atoms with van der Waals surface area (Å²) in [6.45, 7) is 4.36. The van der Waals surface area contributed by atoms with E-state index < -0.39 is 0 Å². The number of nitrogens with zero attached hydrogens (tertiary/aromatic N) is 4. The quantitative estimate of drug-likeness (QED) is 0.652. The van der Waals surface area contributed by atoms with Crippen LogP contribution in [0.1, 0.15) is 31.2 Å². The van der Waals surface area contributed by atoms with Gasteiger partial charge in [0.05, 0.1) is 4.92 Å². The maximum atomic E-state index is 11.3. The summed E-state index contributed by atoms with van der Waals surface area (Å²) in [6.07, 6.45) is 2.43. The van der Waals surface area contributed by atoms with E-state index >= 15 is 0 Å². The van der Waals surface area contributed by atoms with Gasteiger partial charge in [-0.3, -0.25) is 15.1 Å². The lowest BCUT2D eigenvalue weighted by molar-refractivity contribution is -0.384. The number of pyridine rings is 1. The molecule has 2 rings (SSSR count). The highest BCUT2D eigenvalue weighted by molar-refractivity contribution is 5.60. The molecule has 0 bridgehead atoms. The summed E-state index contributed by atoms with van der Waals surface area (Å²) in [5, 5.41) is 18.7. The average molecular weight is 289 g/mol. The lowest BCUT2D eigenvalue weighted by atomic mass is 10.1. The zero-order valence-corrected chi connectivity index (χ0v) is 12.4. The number of aromatic nitrogens is 3. The maximum absolute atomic E-state index is 11.3. The molecular formula is C14H19N5O2. The van der Waals surface area contributed by atoms with E-state index in [2.05, 4.69) is 15.4 Å². The second kappa shape index (κ2) is 6.34. The minimum absolute atomic E-state index is 0.00272. The summed E-state index contributed by atoms with van der Waals surface area (Å²) in [7, 11) is 1.71. The van der Waals surface area contributed by atoms with Crippen LogP contribution in [0.3, 0.4) is 0 Å². The highest BCUT2D eigenvalue weighted by Crippen LogP contribution is 2.32. The van der Waals surface area contributed by atoms with Crippen LogP contribution in [0.15, 0.2) is 24.4 Å². The molecule has 2 aromatic rings. The van der Waals surface area contributed by atoms with E-state index in [1.165, 1.54) is 4.68 Å². The Morgan fingerprint density at radius 1 is 1.43 bits per heavy atom. The third-order valence-corrected chi connectivity index (χ3v) is 3.18. The van der Waals surface area contributed by atoms with Crippen LogP contribution in [0, 0.1) is 10.1 Å². The summed E-state index contributed by atoms with van der Waals surface area (Å²) in [4.78, 5) is 15.2. The van der Waals surface area contributed by atoms with Gasteiger partial charge in [-0.15, -0.1) is 0 Å². The first-order valence-electron chi connectivity index (χ1n) is 6.85. The van der Waals surface area contributed by atoms with Gasteiger partial charge in [0.25, 0.3) is 0 Å². The minimum Gasteiger partial charge on any atom is -0.364 e. The first-order valence-corrected chi connectivity index (χ1v) is 6.85. The van der Waals surface area contributed by atoms with Gasteiger partial charge in [0.1, 0.15) is 5.69 Å². The predicted molar refractivity (Wildman–Crippen MR) is 80.4 cm³/mol. The summed E-state index contributed by atoms with van der Waals surface area (Å²) < 4.78 is 1.53. The molecular weight excluding hydrogens is 270 g/mol. The number of nitrogens with one attached hydrogen (secondary N) is 1. The number of rotatable bonds is 6. The molecule has 7 nitrogen and oxygen atoms in total. The normalized spacial score (nSPS) is 10.9. The van der Waals surface area contributed by atoms with Crippen molar-refractivity contribution in [1.29, 1.82) is 0 Å². The Labute approximate surface area is 123 Å². The van der Waals surface area contributed by atoms with Gasteiger partial charge in [0, 0.05) is 37.8 Å². The van der Waals surface area contributed by atoms with Crippen molar-refractivity contribution in [2.75, 3.05) is 11.9 Å². The van der Waals surface area contributed by atoms with E-state index in [9.17, 15) is 10.1 Å². The van der Waals surface area contributed by atoms with Crippen molar-refractivity contribution < 1.29 is 4.92 Å². The number of hydrogen-bond acceptors (Lipinski definition) is 5. The monoisotopic (exact) mass is 289 g/mol. The van der Waals surface area contributed by atoms with Crippen molar-refractivity contribution in [3.63, 3.8) is 0 Å². The summed E-state index contributed by atoms with van der Waals surface area (Å²) in [5.74, 6) is 0.447. The molecule has 0 saturated heterocycles. The van der Waals surface area contributed by atoms with Gasteiger partial charge in [-0.2, -0.15) is 5.10 Å². The standard InChI is InChI=1S/C14H19N5O2/c1-10(2)12-13(19(20)21)14(18(3)17-12)16-9-7-11-6-4-5-8-15-11/h4-6,8,10,16H,7,9H2,1-3H3. The highest BCUT2D eigenvalue weighted by Gasteiger charge is 2.28. The van der Waals surface area contributed by atoms with Gasteiger partial charge in [-0.1, -0.05) is 19.9 Å². The lowest BCUT2D eigenvalue weighted by Crippen LogP contribution is -2.10. The summed E-state index contributed by atoms with van der Waals surface area (Å²) >= 11 is 0. The van der Waals surface area contributed by atoms with Crippen molar-refractivity contribution >= 4 is 11.5 Å². The van der Waals surface area contributed by atoms with Gasteiger partial charge in [-0.05, 0) is 12.1 Å². The predicted octanol–water partition coefficient (Wildman–Crippen LogP) is 2.50. The largest absolute Gasteiger partial charge is 0.364 e. The molecule has 0 saturated carbocycles. The van der Waals surface area contributed by atoms with Gasteiger partial charge < -0.3 is 5.32 Å². The molecule has 0 aliphatic carbocycles. The van der Waals surface area contributed by atoms with Crippen LogP contribution in [-0.2, 0) is 13.5 Å². The molecule has 0 amide bonds. The number of aryl methyl sites for hydroxylation is 1. The third kappa shape index (κ3) is 3.36. The van der Waals surface area contributed by atoms with Gasteiger partial charge in [0.15, 0.2) is 0 Å². The van der Waals surface area contributed by atoms with E-state index in [4.69, 9.17) is 0 Å². The van der Waals surface area contributed by atoms with Crippen LogP contribution in [-0.4, -0.2) is 26.2 Å². The molecule has 2 heterocycles. The molecule has 7 heteroatoms. The fourth-order valence-electron chi connectivity index (χ4n) is 2.16. The Morgan fingerprint density at radius 3 is 2.76 bits per heavy atom. The SMILES string of the molecule is CC(C)c1nn(C)c(NCCc2ccccn2)c1[N+](=O)[O-]. The first kappa shape index (κ1) is 15.0. The van der Waals surface area contributed by atoms with Gasteiger partial charge >= 0.3 is 5.69 Å². The zero-order valence-electron chi connectivity index (χ0n) is 12.4. The zero-order chi connectivity index (χ0) is 15.4. The Kier molecular flexibility index (Phi) is 4.52. The number of nitro groups is 1. The molecule has 0 fully saturated rings. The topological polar surface area (TPSA) is 85.9 Å². The van der Waals surface area contributed by atoms with E-state index in [0.29, 0.717) is 24.5 Å². The van der Waals surface area contributed by atoms with Gasteiger partial charge in [-0.25, -0.2) is 4.68 Å². The molecule has 112 valence electrons. The van der Waals surface area contributed by atoms with Crippen molar-refractivity contribution in [1.82, 2.24) is 14.8 Å². The second-order valence-electron chi connectivity index (χ2n) is 5.12.